The zero-order valence-corrected chi connectivity index (χ0v) is 12.9. The van der Waals surface area contributed by atoms with E-state index in [1.807, 2.05) is 6.92 Å². The van der Waals surface area contributed by atoms with Gasteiger partial charge in [0.15, 0.2) is 14.5 Å². The van der Waals surface area contributed by atoms with Crippen LogP contribution in [0.1, 0.15) is 27.7 Å². The Bertz CT molecular complexity index is 335. The van der Waals surface area contributed by atoms with Crippen molar-refractivity contribution in [1.82, 2.24) is 5.32 Å². The largest absolute Gasteiger partial charge is 0.443 e. The molecule has 3 atom stereocenters. The first-order valence-electron chi connectivity index (χ1n) is 6.17. The highest BCUT2D eigenvalue weighted by molar-refractivity contribution is 6.74. The lowest BCUT2D eigenvalue weighted by atomic mass is 9.94. The Labute approximate surface area is 109 Å². The van der Waals surface area contributed by atoms with Crippen LogP contribution in [-0.2, 0) is 18.8 Å². The first-order valence-corrected chi connectivity index (χ1v) is 9.08. The molecule has 0 aromatic carbocycles. The average Bonchev–Trinajstić information content (AvgIpc) is 2.13. The monoisotopic (exact) mass is 273 g/mol. The second kappa shape index (κ2) is 5.01. The van der Waals surface area contributed by atoms with Crippen molar-refractivity contribution in [2.75, 3.05) is 0 Å². The molecule has 1 aliphatic heterocycles. The Morgan fingerprint density at radius 1 is 1.39 bits per heavy atom. The van der Waals surface area contributed by atoms with E-state index in [0.717, 1.165) is 0 Å². The van der Waals surface area contributed by atoms with Crippen LogP contribution in [0, 0.1) is 5.92 Å². The normalized spacial score (nSPS) is 26.0. The fourth-order valence-corrected chi connectivity index (χ4v) is 3.15. The molecule has 0 bridgehead atoms. The molecule has 0 saturated carbocycles. The lowest BCUT2D eigenvalue weighted by molar-refractivity contribution is -0.166. The molecular formula is C12H23NO4Si. The zero-order valence-electron chi connectivity index (χ0n) is 11.9. The Morgan fingerprint density at radius 3 is 2.33 bits per heavy atom. The number of carbonyl (C=O) groups excluding carboxylic acids is 2. The Kier molecular flexibility index (Phi) is 4.22. The number of β-lactam (4-membered cyclic amide) rings is 1. The van der Waals surface area contributed by atoms with Gasteiger partial charge in [0.05, 0.1) is 6.10 Å². The van der Waals surface area contributed by atoms with Crippen molar-refractivity contribution in [3.63, 3.8) is 0 Å². The summed E-state index contributed by atoms with van der Waals surface area (Å²) in [6.07, 6.45) is -0.792. The summed E-state index contributed by atoms with van der Waals surface area (Å²) in [7, 11) is -1.92. The van der Waals surface area contributed by atoms with Gasteiger partial charge in [-0.3, -0.25) is 9.59 Å². The molecule has 1 amide bonds. The highest BCUT2D eigenvalue weighted by Gasteiger charge is 2.48. The van der Waals surface area contributed by atoms with E-state index < -0.39 is 20.5 Å². The van der Waals surface area contributed by atoms with Gasteiger partial charge < -0.3 is 14.5 Å². The van der Waals surface area contributed by atoms with Crippen LogP contribution < -0.4 is 5.32 Å². The van der Waals surface area contributed by atoms with E-state index in [4.69, 9.17) is 9.16 Å². The minimum absolute atomic E-state index is 0.0858. The van der Waals surface area contributed by atoms with Crippen molar-refractivity contribution in [2.45, 2.75) is 58.2 Å². The number of amides is 1. The van der Waals surface area contributed by atoms with Crippen LogP contribution in [0.15, 0.2) is 0 Å². The molecule has 0 aromatic heterocycles. The summed E-state index contributed by atoms with van der Waals surface area (Å²) in [5.74, 6) is -0.516. The Hall–Kier alpha value is -0.883. The van der Waals surface area contributed by atoms with Gasteiger partial charge in [-0.2, -0.15) is 0 Å². The van der Waals surface area contributed by atoms with Crippen LogP contribution in [0.3, 0.4) is 0 Å². The van der Waals surface area contributed by atoms with Gasteiger partial charge in [0.1, 0.15) is 5.92 Å². The average molecular weight is 273 g/mol. The number of nitrogens with one attached hydrogen (secondary N) is 1. The quantitative estimate of drug-likeness (QED) is 0.470. The van der Waals surface area contributed by atoms with Gasteiger partial charge >= 0.3 is 0 Å². The number of rotatable bonds is 5. The van der Waals surface area contributed by atoms with E-state index in [2.05, 4.69) is 39.2 Å². The molecule has 0 aliphatic carbocycles. The molecule has 6 heteroatoms. The predicted molar refractivity (Wildman–Crippen MR) is 70.3 cm³/mol. The minimum Gasteiger partial charge on any atom is -0.443 e. The SMILES string of the molecule is C[C@@H](O[Si](C)(C)C(C)(C)C)[C@H]1C(=O)N[C@@H]1OC=O. The van der Waals surface area contributed by atoms with Crippen molar-refractivity contribution in [1.29, 1.82) is 0 Å². The first-order chi connectivity index (χ1) is 8.10. The van der Waals surface area contributed by atoms with Gasteiger partial charge in [0.25, 0.3) is 6.47 Å². The maximum absolute atomic E-state index is 11.5. The molecule has 5 nitrogen and oxygen atoms in total. The third-order valence-corrected chi connectivity index (χ3v) is 8.48. The van der Waals surface area contributed by atoms with Crippen LogP contribution in [0.2, 0.25) is 18.1 Å². The van der Waals surface area contributed by atoms with Crippen LogP contribution in [0.25, 0.3) is 0 Å². The van der Waals surface area contributed by atoms with Crippen LogP contribution in [0.4, 0.5) is 0 Å². The van der Waals surface area contributed by atoms with E-state index in [1.165, 1.54) is 0 Å². The lowest BCUT2D eigenvalue weighted by Crippen LogP contribution is -2.64. The maximum atomic E-state index is 11.5. The van der Waals surface area contributed by atoms with Gasteiger partial charge in [-0.05, 0) is 25.1 Å². The topological polar surface area (TPSA) is 64.6 Å². The second-order valence-electron chi connectivity index (χ2n) is 6.27. The molecule has 0 spiro atoms. The molecule has 0 aromatic rings. The van der Waals surface area contributed by atoms with E-state index in [-0.39, 0.29) is 17.0 Å². The van der Waals surface area contributed by atoms with Crippen molar-refractivity contribution in [3.05, 3.63) is 0 Å². The summed E-state index contributed by atoms with van der Waals surface area (Å²) in [5, 5.41) is 2.63. The van der Waals surface area contributed by atoms with E-state index in [9.17, 15) is 9.59 Å². The molecule has 1 rings (SSSR count). The predicted octanol–water partition coefficient (Wildman–Crippen LogP) is 1.64. The zero-order chi connectivity index (χ0) is 14.1. The fourth-order valence-electron chi connectivity index (χ4n) is 1.72. The third-order valence-electron chi connectivity index (χ3n) is 3.91. The molecule has 1 aliphatic rings. The molecule has 0 radical (unpaired) electrons. The molecule has 1 heterocycles. The van der Waals surface area contributed by atoms with Gasteiger partial charge in [-0.15, -0.1) is 0 Å². The summed E-state index contributed by atoms with van der Waals surface area (Å²) in [4.78, 5) is 21.8. The number of hydrogen-bond acceptors (Lipinski definition) is 4. The lowest BCUT2D eigenvalue weighted by Gasteiger charge is -2.44. The third kappa shape index (κ3) is 2.92. The molecule has 0 unspecified atom stereocenters. The Balaban J connectivity index is 2.68. The summed E-state index contributed by atoms with van der Waals surface area (Å²) >= 11 is 0. The van der Waals surface area contributed by atoms with Crippen LogP contribution >= 0.6 is 0 Å². The number of carbonyl (C=O) groups is 2. The molecule has 104 valence electrons. The molecule has 1 saturated heterocycles. The highest BCUT2D eigenvalue weighted by Crippen LogP contribution is 2.38. The van der Waals surface area contributed by atoms with Crippen LogP contribution in [0.5, 0.6) is 0 Å². The van der Waals surface area contributed by atoms with Gasteiger partial charge in [0, 0.05) is 0 Å². The van der Waals surface area contributed by atoms with Crippen molar-refractivity contribution in [3.8, 4) is 0 Å². The summed E-state index contributed by atoms with van der Waals surface area (Å²) in [6, 6.07) is 0. The van der Waals surface area contributed by atoms with Gasteiger partial charge in [-0.25, -0.2) is 0 Å². The molecule has 1 N–H and O–H groups in total. The minimum atomic E-state index is -1.92. The molecular weight excluding hydrogens is 250 g/mol. The van der Waals surface area contributed by atoms with E-state index in [1.54, 1.807) is 0 Å². The van der Waals surface area contributed by atoms with E-state index >= 15 is 0 Å². The van der Waals surface area contributed by atoms with Gasteiger partial charge in [-0.1, -0.05) is 20.8 Å². The fraction of sp³-hybridized carbons (Fsp3) is 0.833. The Morgan fingerprint density at radius 2 is 1.94 bits per heavy atom. The smallest absolute Gasteiger partial charge is 0.295 e. The van der Waals surface area contributed by atoms with Crippen molar-refractivity contribution < 1.29 is 18.8 Å². The van der Waals surface area contributed by atoms with Crippen molar-refractivity contribution in [2.24, 2.45) is 5.92 Å². The highest BCUT2D eigenvalue weighted by atomic mass is 28.4. The van der Waals surface area contributed by atoms with Crippen LogP contribution in [-0.4, -0.2) is 33.0 Å². The summed E-state index contributed by atoms with van der Waals surface area (Å²) in [6.45, 7) is 12.9. The van der Waals surface area contributed by atoms with Gasteiger partial charge in [0.2, 0.25) is 5.91 Å². The molecule has 18 heavy (non-hydrogen) atoms. The standard InChI is InChI=1S/C12H23NO4Si/c1-8(17-18(5,6)12(2,3)4)9-10(15)13-11(9)16-7-14/h7-9,11H,1-6H3,(H,13,15)/t8-,9+,11-/m1/s1. The first kappa shape index (κ1) is 15.2. The second-order valence-corrected chi connectivity index (χ2v) is 11.0. The maximum Gasteiger partial charge on any atom is 0.295 e. The number of hydrogen-bond donors (Lipinski definition) is 1. The number of ether oxygens (including phenoxy) is 1. The summed E-state index contributed by atoms with van der Waals surface area (Å²) in [5.41, 5.74) is 0. The molecule has 1 fully saturated rings. The summed E-state index contributed by atoms with van der Waals surface area (Å²) < 4.78 is 10.9. The van der Waals surface area contributed by atoms with Crippen molar-refractivity contribution >= 4 is 20.7 Å². The van der Waals surface area contributed by atoms with E-state index in [0.29, 0.717) is 6.47 Å².